The maximum absolute atomic E-state index is 13.8. The first-order valence-corrected chi connectivity index (χ1v) is 21.4. The number of phenols is 1. The van der Waals surface area contributed by atoms with Crippen molar-refractivity contribution < 1.29 is 24.3 Å². The minimum Gasteiger partial charge on any atom is -0.506 e. The molecule has 0 fully saturated rings. The number of nitrogens with zero attached hydrogens (tertiary/aromatic N) is 2. The van der Waals surface area contributed by atoms with E-state index in [1.807, 2.05) is 36.4 Å². The molecular formula is C45H49N3O6S2. The van der Waals surface area contributed by atoms with Gasteiger partial charge in [-0.2, -0.15) is 0 Å². The minimum atomic E-state index is -0.573. The van der Waals surface area contributed by atoms with Gasteiger partial charge in [-0.1, -0.05) is 144 Å². The van der Waals surface area contributed by atoms with Crippen LogP contribution in [-0.2, 0) is 5.75 Å². The number of para-hydroxylation sites is 3. The van der Waals surface area contributed by atoms with E-state index in [1.54, 1.807) is 59.9 Å². The van der Waals surface area contributed by atoms with Gasteiger partial charge in [0.2, 0.25) is 5.75 Å². The summed E-state index contributed by atoms with van der Waals surface area (Å²) >= 11 is 3.10. The van der Waals surface area contributed by atoms with Crippen LogP contribution in [0.3, 0.4) is 0 Å². The molecule has 1 heterocycles. The van der Waals surface area contributed by atoms with E-state index in [2.05, 4.69) is 17.2 Å². The van der Waals surface area contributed by atoms with E-state index >= 15 is 0 Å². The Kier molecular flexibility index (Phi) is 15.0. The number of amides is 1. The molecule has 2 N–H and O–H groups in total. The highest BCUT2D eigenvalue weighted by atomic mass is 32.2. The number of carbonyl (C=O) groups is 1. The van der Waals surface area contributed by atoms with Crippen molar-refractivity contribution in [2.75, 3.05) is 11.9 Å². The van der Waals surface area contributed by atoms with E-state index in [9.17, 15) is 20.0 Å². The number of hydrogen-bond acceptors (Lipinski definition) is 9. The molecule has 11 heteroatoms. The average molecular weight is 792 g/mol. The molecule has 0 unspecified atom stereocenters. The highest BCUT2D eigenvalue weighted by Crippen LogP contribution is 2.42. The summed E-state index contributed by atoms with van der Waals surface area (Å²) in [4.78, 5) is 30.2. The Balaban J connectivity index is 1.09. The molecule has 0 aliphatic rings. The molecule has 0 spiro atoms. The zero-order valence-corrected chi connectivity index (χ0v) is 33.5. The summed E-state index contributed by atoms with van der Waals surface area (Å²) < 4.78 is 14.3. The third-order valence-electron chi connectivity index (χ3n) is 9.69. The van der Waals surface area contributed by atoms with Crippen molar-refractivity contribution in [2.24, 2.45) is 0 Å². The van der Waals surface area contributed by atoms with Gasteiger partial charge in [-0.3, -0.25) is 14.9 Å². The second kappa shape index (κ2) is 20.7. The molecule has 5 aromatic carbocycles. The summed E-state index contributed by atoms with van der Waals surface area (Å²) in [5.41, 5.74) is 1.88. The van der Waals surface area contributed by atoms with Gasteiger partial charge in [0.05, 0.1) is 33.0 Å². The number of nitro groups is 1. The van der Waals surface area contributed by atoms with Crippen LogP contribution in [0.4, 0.5) is 11.4 Å². The number of anilines is 1. The van der Waals surface area contributed by atoms with Gasteiger partial charge in [0.15, 0.2) is 4.34 Å². The Bertz CT molecular complexity index is 2210. The highest BCUT2D eigenvalue weighted by molar-refractivity contribution is 8.00. The average Bonchev–Trinajstić information content (AvgIpc) is 3.64. The van der Waals surface area contributed by atoms with Crippen LogP contribution in [0.1, 0.15) is 99.9 Å². The van der Waals surface area contributed by atoms with Gasteiger partial charge in [-0.25, -0.2) is 4.98 Å². The number of aromatic hydroxyl groups is 1. The molecule has 6 aromatic rings. The predicted octanol–water partition coefficient (Wildman–Crippen LogP) is 13.5. The lowest BCUT2D eigenvalue weighted by molar-refractivity contribution is -0.385. The van der Waals surface area contributed by atoms with Gasteiger partial charge in [0.25, 0.3) is 5.91 Å². The second-order valence-electron chi connectivity index (χ2n) is 13.9. The number of aromatic nitrogens is 1. The number of benzene rings is 5. The smallest absolute Gasteiger partial charge is 0.311 e. The number of carbonyl (C=O) groups excluding carboxylic acids is 1. The van der Waals surface area contributed by atoms with Crippen LogP contribution in [0.15, 0.2) is 101 Å². The molecule has 0 bridgehead atoms. The first kappa shape index (κ1) is 40.5. The molecule has 0 aliphatic carbocycles. The summed E-state index contributed by atoms with van der Waals surface area (Å²) in [5, 5.41) is 27.4. The standard InChI is InChI=1S/C45H49N3O6S2/c1-2-3-4-5-6-7-8-9-10-11-12-19-28-53-39-24-17-15-22-36(39)46-44(50)35-30-41(33-20-13-14-21-34(33)43(35)49)54-40-27-26-32(29-38(40)48(51)52)31-55-45-47-37-23-16-18-25-42(37)56-45/h13-18,20-27,29-30,49H,2-12,19,28,31H2,1H3,(H,46,50). The van der Waals surface area contributed by atoms with E-state index in [0.717, 1.165) is 33.0 Å². The number of rotatable bonds is 22. The number of fused-ring (bicyclic) bond motifs is 2. The monoisotopic (exact) mass is 791 g/mol. The van der Waals surface area contributed by atoms with Crippen LogP contribution in [0.2, 0.25) is 0 Å². The van der Waals surface area contributed by atoms with Crippen molar-refractivity contribution in [1.29, 1.82) is 0 Å². The molecule has 1 aromatic heterocycles. The van der Waals surface area contributed by atoms with Crippen molar-refractivity contribution in [3.63, 3.8) is 0 Å². The van der Waals surface area contributed by atoms with E-state index in [0.29, 0.717) is 34.6 Å². The number of nitrogens with one attached hydrogen (secondary N) is 1. The molecule has 1 amide bonds. The minimum absolute atomic E-state index is 0.0162. The third kappa shape index (κ3) is 11.0. The third-order valence-corrected chi connectivity index (χ3v) is 11.9. The van der Waals surface area contributed by atoms with Crippen molar-refractivity contribution in [3.05, 3.63) is 118 Å². The number of thioether (sulfide) groups is 1. The van der Waals surface area contributed by atoms with Crippen molar-refractivity contribution >= 4 is 61.4 Å². The summed E-state index contributed by atoms with van der Waals surface area (Å²) in [6.07, 6.45) is 15.1. The normalized spacial score (nSPS) is 11.2. The molecule has 9 nitrogen and oxygen atoms in total. The largest absolute Gasteiger partial charge is 0.506 e. The van der Waals surface area contributed by atoms with Crippen LogP contribution >= 0.6 is 23.1 Å². The lowest BCUT2D eigenvalue weighted by atomic mass is 10.0. The Morgan fingerprint density at radius 1 is 0.786 bits per heavy atom. The summed E-state index contributed by atoms with van der Waals surface area (Å²) in [5.74, 6) is 0.436. The van der Waals surface area contributed by atoms with Crippen LogP contribution in [0, 0.1) is 10.1 Å². The zero-order chi connectivity index (χ0) is 39.1. The lowest BCUT2D eigenvalue weighted by Gasteiger charge is -2.16. The number of phenolic OH excluding ortho intramolecular Hbond substituents is 1. The van der Waals surface area contributed by atoms with Gasteiger partial charge in [0, 0.05) is 22.6 Å². The zero-order valence-electron chi connectivity index (χ0n) is 31.8. The molecule has 56 heavy (non-hydrogen) atoms. The van der Waals surface area contributed by atoms with Crippen LogP contribution in [0.5, 0.6) is 23.0 Å². The topological polar surface area (TPSA) is 124 Å². The lowest BCUT2D eigenvalue weighted by Crippen LogP contribution is -2.14. The Morgan fingerprint density at radius 2 is 1.45 bits per heavy atom. The van der Waals surface area contributed by atoms with Gasteiger partial charge in [0.1, 0.15) is 17.2 Å². The van der Waals surface area contributed by atoms with Crippen molar-refractivity contribution in [2.45, 2.75) is 94.1 Å². The fourth-order valence-corrected chi connectivity index (χ4v) is 8.66. The molecule has 6 rings (SSSR count). The maximum Gasteiger partial charge on any atom is 0.311 e. The molecule has 292 valence electrons. The number of thiazole rings is 1. The molecule has 0 radical (unpaired) electrons. The summed E-state index contributed by atoms with van der Waals surface area (Å²) in [6.45, 7) is 2.78. The Hall–Kier alpha value is -5.13. The van der Waals surface area contributed by atoms with Crippen LogP contribution in [-0.4, -0.2) is 27.5 Å². The van der Waals surface area contributed by atoms with Crippen LogP contribution in [0.25, 0.3) is 21.0 Å². The fraction of sp³-hybridized carbons (Fsp3) is 0.333. The number of unbranched alkanes of at least 4 members (excludes halogenated alkanes) is 11. The van der Waals surface area contributed by atoms with Gasteiger partial charge in [-0.05, 0) is 48.4 Å². The first-order chi connectivity index (χ1) is 27.4. The van der Waals surface area contributed by atoms with E-state index in [-0.39, 0.29) is 28.5 Å². The van der Waals surface area contributed by atoms with Crippen molar-refractivity contribution in [3.8, 4) is 23.0 Å². The molecule has 0 saturated carbocycles. The van der Waals surface area contributed by atoms with E-state index in [4.69, 9.17) is 9.47 Å². The summed E-state index contributed by atoms with van der Waals surface area (Å²) in [6, 6.07) is 28.3. The highest BCUT2D eigenvalue weighted by Gasteiger charge is 2.23. The fourth-order valence-electron chi connectivity index (χ4n) is 6.65. The van der Waals surface area contributed by atoms with E-state index in [1.165, 1.54) is 88.1 Å². The Morgan fingerprint density at radius 3 is 2.18 bits per heavy atom. The quantitative estimate of drug-likeness (QED) is 0.0301. The van der Waals surface area contributed by atoms with Gasteiger partial charge < -0.3 is 19.9 Å². The van der Waals surface area contributed by atoms with Gasteiger partial charge in [-0.15, -0.1) is 11.3 Å². The van der Waals surface area contributed by atoms with Gasteiger partial charge >= 0.3 is 5.69 Å². The molecule has 0 aliphatic heterocycles. The van der Waals surface area contributed by atoms with Crippen LogP contribution < -0.4 is 14.8 Å². The molecule has 0 atom stereocenters. The molecular weight excluding hydrogens is 743 g/mol. The summed E-state index contributed by atoms with van der Waals surface area (Å²) in [7, 11) is 0. The van der Waals surface area contributed by atoms with E-state index < -0.39 is 10.8 Å². The first-order valence-electron chi connectivity index (χ1n) is 19.6. The molecule has 0 saturated heterocycles. The second-order valence-corrected chi connectivity index (χ2v) is 16.2. The number of hydrogen-bond donors (Lipinski definition) is 2. The van der Waals surface area contributed by atoms with Crippen molar-refractivity contribution in [1.82, 2.24) is 4.98 Å². The SMILES string of the molecule is CCCCCCCCCCCCCCOc1ccccc1NC(=O)c1cc(Oc2ccc(CSc3nc4ccccc4s3)cc2[N+](=O)[O-])c2ccccc2c1O. The number of nitro benzene ring substituents is 1. The maximum atomic E-state index is 13.8. The predicted molar refractivity (Wildman–Crippen MR) is 229 cm³/mol. The Labute approximate surface area is 336 Å². The number of ether oxygens (including phenoxy) is 2.